The normalized spacial score (nSPS) is 20.1. The average Bonchev–Trinajstić information content (AvgIpc) is 3.50. The van der Waals surface area contributed by atoms with Crippen molar-refractivity contribution in [1.82, 2.24) is 14.8 Å². The number of rotatable bonds is 5. The molecular formula is C26H25FN4O2S. The highest BCUT2D eigenvalue weighted by Gasteiger charge is 2.45. The predicted octanol–water partition coefficient (Wildman–Crippen LogP) is 4.34. The van der Waals surface area contributed by atoms with E-state index in [4.69, 9.17) is 0 Å². The molecule has 2 fully saturated rings. The Balaban J connectivity index is 1.25. The number of fused-ring (bicyclic) bond motifs is 1. The minimum absolute atomic E-state index is 0.135. The molecule has 3 aliphatic rings. The van der Waals surface area contributed by atoms with Gasteiger partial charge >= 0.3 is 0 Å². The lowest BCUT2D eigenvalue weighted by molar-refractivity contribution is -0.140. The van der Waals surface area contributed by atoms with E-state index in [9.17, 15) is 9.59 Å². The van der Waals surface area contributed by atoms with Crippen LogP contribution < -0.4 is 0 Å². The first kappa shape index (κ1) is 21.4. The summed E-state index contributed by atoms with van der Waals surface area (Å²) in [4.78, 5) is 38.1. The van der Waals surface area contributed by atoms with Crippen LogP contribution in [0.25, 0.3) is 20.8 Å². The number of halogens is 1. The number of para-hydroxylation sites is 1. The Labute approximate surface area is 201 Å². The summed E-state index contributed by atoms with van der Waals surface area (Å²) >= 11 is 1.52. The standard InChI is InChI=1S/C26H25FN4O2S/c1-26(2)25(33)31(14-15-12-30(13-15)24(32)16-7-8-16)22(29-26)18-10-9-17(11-19(18)27)23-28-20-5-3-4-6-21(20)34-23/h3-6,9-11,15-16H,7-8,12-14H2,1-2H3. The highest BCUT2D eigenvalue weighted by atomic mass is 32.1. The highest BCUT2D eigenvalue weighted by molar-refractivity contribution is 7.21. The molecule has 0 radical (unpaired) electrons. The Morgan fingerprint density at radius 1 is 1.18 bits per heavy atom. The molecule has 1 saturated heterocycles. The fourth-order valence-electron chi connectivity index (χ4n) is 4.71. The van der Waals surface area contributed by atoms with Crippen LogP contribution >= 0.6 is 11.3 Å². The molecule has 1 saturated carbocycles. The lowest BCUT2D eigenvalue weighted by Gasteiger charge is -2.41. The molecule has 3 aromatic rings. The van der Waals surface area contributed by atoms with Gasteiger partial charge in [-0.1, -0.05) is 18.2 Å². The first-order valence-electron chi connectivity index (χ1n) is 11.7. The van der Waals surface area contributed by atoms with E-state index in [0.717, 1.165) is 28.1 Å². The van der Waals surface area contributed by atoms with Gasteiger partial charge < -0.3 is 4.90 Å². The molecule has 1 aromatic heterocycles. The summed E-state index contributed by atoms with van der Waals surface area (Å²) in [6.07, 6.45) is 1.98. The zero-order valence-corrected chi connectivity index (χ0v) is 19.9. The Kier molecular flexibility index (Phi) is 4.85. The van der Waals surface area contributed by atoms with Gasteiger partial charge in [0.1, 0.15) is 22.2 Å². The number of likely N-dealkylation sites (tertiary alicyclic amines) is 1. The topological polar surface area (TPSA) is 65.9 Å². The van der Waals surface area contributed by atoms with Crippen molar-refractivity contribution >= 4 is 39.2 Å². The van der Waals surface area contributed by atoms with Gasteiger partial charge in [0, 0.05) is 37.0 Å². The number of aliphatic imine (C=N–C) groups is 1. The largest absolute Gasteiger partial charge is 0.342 e. The zero-order chi connectivity index (χ0) is 23.6. The van der Waals surface area contributed by atoms with E-state index >= 15 is 4.39 Å². The maximum atomic E-state index is 15.4. The van der Waals surface area contributed by atoms with Crippen LogP contribution in [0.4, 0.5) is 4.39 Å². The van der Waals surface area contributed by atoms with E-state index in [-0.39, 0.29) is 23.7 Å². The quantitative estimate of drug-likeness (QED) is 0.550. The summed E-state index contributed by atoms with van der Waals surface area (Å²) in [7, 11) is 0. The number of hydrogen-bond donors (Lipinski definition) is 0. The SMILES string of the molecule is CC1(C)N=C(c2ccc(-c3nc4ccccc4s3)cc2F)N(CC2CN(C(=O)C3CC3)C2)C1=O. The minimum atomic E-state index is -0.944. The van der Waals surface area contributed by atoms with Crippen molar-refractivity contribution in [2.45, 2.75) is 32.2 Å². The summed E-state index contributed by atoms with van der Waals surface area (Å²) in [5.74, 6) is 0.420. The first-order chi connectivity index (χ1) is 16.3. The summed E-state index contributed by atoms with van der Waals surface area (Å²) in [5.41, 5.74) is 0.960. The molecule has 0 N–H and O–H groups in total. The molecule has 2 aliphatic heterocycles. The second-order valence-corrected chi connectivity index (χ2v) is 11.0. The number of hydrogen-bond acceptors (Lipinski definition) is 5. The van der Waals surface area contributed by atoms with E-state index in [1.165, 1.54) is 17.4 Å². The van der Waals surface area contributed by atoms with Crippen LogP contribution in [-0.4, -0.2) is 57.6 Å². The Hall–Kier alpha value is -3.13. The van der Waals surface area contributed by atoms with Gasteiger partial charge in [0.25, 0.3) is 5.91 Å². The van der Waals surface area contributed by atoms with Gasteiger partial charge in [-0.15, -0.1) is 11.3 Å². The molecule has 0 atom stereocenters. The van der Waals surface area contributed by atoms with Gasteiger partial charge in [-0.2, -0.15) is 0 Å². The molecule has 0 spiro atoms. The van der Waals surface area contributed by atoms with Gasteiger partial charge in [-0.05, 0) is 51.0 Å². The lowest BCUT2D eigenvalue weighted by Crippen LogP contribution is -2.55. The number of thiazole rings is 1. The van der Waals surface area contributed by atoms with E-state index in [1.807, 2.05) is 35.2 Å². The molecular weight excluding hydrogens is 451 g/mol. The number of carbonyl (C=O) groups excluding carboxylic acids is 2. The van der Waals surface area contributed by atoms with Gasteiger partial charge in [0.2, 0.25) is 5.91 Å². The summed E-state index contributed by atoms with van der Waals surface area (Å²) in [6, 6.07) is 12.8. The Bertz CT molecular complexity index is 1320. The minimum Gasteiger partial charge on any atom is -0.342 e. The molecule has 8 heteroatoms. The molecule has 0 bridgehead atoms. The fraction of sp³-hybridized carbons (Fsp3) is 0.385. The van der Waals surface area contributed by atoms with Gasteiger partial charge in [0.15, 0.2) is 0 Å². The maximum Gasteiger partial charge on any atom is 0.255 e. The van der Waals surface area contributed by atoms with Crippen LogP contribution in [0.3, 0.4) is 0 Å². The van der Waals surface area contributed by atoms with Crippen molar-refractivity contribution in [2.24, 2.45) is 16.8 Å². The average molecular weight is 477 g/mol. The number of amidine groups is 1. The Morgan fingerprint density at radius 3 is 2.65 bits per heavy atom. The lowest BCUT2D eigenvalue weighted by atomic mass is 9.97. The van der Waals surface area contributed by atoms with Crippen molar-refractivity contribution in [2.75, 3.05) is 19.6 Å². The molecule has 34 heavy (non-hydrogen) atoms. The van der Waals surface area contributed by atoms with E-state index in [1.54, 1.807) is 24.8 Å². The molecule has 2 aromatic carbocycles. The number of aromatic nitrogens is 1. The number of nitrogens with zero attached hydrogens (tertiary/aromatic N) is 4. The number of benzene rings is 2. The second kappa shape index (κ2) is 7.70. The predicted molar refractivity (Wildman–Crippen MR) is 130 cm³/mol. The molecule has 1 aliphatic carbocycles. The van der Waals surface area contributed by atoms with Gasteiger partial charge in [0.05, 0.1) is 15.8 Å². The molecule has 0 unspecified atom stereocenters. The smallest absolute Gasteiger partial charge is 0.255 e. The van der Waals surface area contributed by atoms with Crippen LogP contribution in [0.2, 0.25) is 0 Å². The number of amides is 2. The monoisotopic (exact) mass is 476 g/mol. The van der Waals surface area contributed by atoms with Crippen LogP contribution in [0.15, 0.2) is 47.5 Å². The first-order valence-corrected chi connectivity index (χ1v) is 12.5. The van der Waals surface area contributed by atoms with Crippen molar-refractivity contribution in [1.29, 1.82) is 0 Å². The summed E-state index contributed by atoms with van der Waals surface area (Å²) in [5, 5.41) is 0.753. The summed E-state index contributed by atoms with van der Waals surface area (Å²) < 4.78 is 16.4. The van der Waals surface area contributed by atoms with Crippen molar-refractivity contribution < 1.29 is 14.0 Å². The summed E-state index contributed by atoms with van der Waals surface area (Å²) in [6.45, 7) is 5.24. The molecule has 6 nitrogen and oxygen atoms in total. The molecule has 174 valence electrons. The fourth-order valence-corrected chi connectivity index (χ4v) is 5.67. The second-order valence-electron chi connectivity index (χ2n) is 9.98. The van der Waals surface area contributed by atoms with Crippen molar-refractivity contribution in [3.05, 3.63) is 53.8 Å². The third-order valence-electron chi connectivity index (χ3n) is 6.80. The highest BCUT2D eigenvalue weighted by Crippen LogP contribution is 2.35. The molecule has 3 heterocycles. The van der Waals surface area contributed by atoms with Crippen molar-refractivity contribution in [3.8, 4) is 10.6 Å². The van der Waals surface area contributed by atoms with Crippen LogP contribution in [0, 0.1) is 17.7 Å². The third-order valence-corrected chi connectivity index (χ3v) is 7.88. The van der Waals surface area contributed by atoms with Crippen LogP contribution in [0.5, 0.6) is 0 Å². The van der Waals surface area contributed by atoms with E-state index < -0.39 is 11.4 Å². The van der Waals surface area contributed by atoms with E-state index in [2.05, 4.69) is 9.98 Å². The van der Waals surface area contributed by atoms with Gasteiger partial charge in [-0.3, -0.25) is 19.5 Å². The molecule has 2 amide bonds. The zero-order valence-electron chi connectivity index (χ0n) is 19.1. The molecule has 6 rings (SSSR count). The number of carbonyl (C=O) groups is 2. The van der Waals surface area contributed by atoms with Crippen LogP contribution in [-0.2, 0) is 9.59 Å². The third kappa shape index (κ3) is 3.60. The van der Waals surface area contributed by atoms with Crippen LogP contribution in [0.1, 0.15) is 32.3 Å². The van der Waals surface area contributed by atoms with E-state index in [0.29, 0.717) is 36.6 Å². The Morgan fingerprint density at radius 2 is 1.94 bits per heavy atom. The maximum absolute atomic E-state index is 15.4. The van der Waals surface area contributed by atoms with Gasteiger partial charge in [-0.25, -0.2) is 9.37 Å². The van der Waals surface area contributed by atoms with Crippen molar-refractivity contribution in [3.63, 3.8) is 0 Å².